The summed E-state index contributed by atoms with van der Waals surface area (Å²) >= 11 is 0. The van der Waals surface area contributed by atoms with Crippen LogP contribution in [0.2, 0.25) is 0 Å². The Bertz CT molecular complexity index is 3330. The van der Waals surface area contributed by atoms with Gasteiger partial charge in [0.1, 0.15) is 5.69 Å². The molecule has 0 radical (unpaired) electrons. The molecule has 4 heteroatoms. The predicted octanol–water partition coefficient (Wildman–Crippen LogP) is 12.8. The summed E-state index contributed by atoms with van der Waals surface area (Å²) in [7, 11) is 0. The van der Waals surface area contributed by atoms with Crippen LogP contribution in [0.25, 0.3) is 111 Å². The first-order valence-electron chi connectivity index (χ1n) is 18.4. The molecule has 54 heavy (non-hydrogen) atoms. The average Bonchev–Trinajstić information content (AvgIpc) is 3.72. The second kappa shape index (κ2) is 11.1. The van der Waals surface area contributed by atoms with Gasteiger partial charge < -0.3 is 4.57 Å². The van der Waals surface area contributed by atoms with Crippen molar-refractivity contribution in [3.8, 4) is 56.1 Å². The third kappa shape index (κ3) is 4.13. The molecule has 250 valence electrons. The molecule has 0 amide bonds. The van der Waals surface area contributed by atoms with Crippen molar-refractivity contribution >= 4 is 54.6 Å². The van der Waals surface area contributed by atoms with E-state index >= 15 is 0 Å². The molecule has 0 bridgehead atoms. The lowest BCUT2D eigenvalue weighted by molar-refractivity contribution is 1.09. The SMILES string of the molecule is c1ccc(-c2cccc(-n3c4ccccc4c4ccc(-c5cc6c7c(c5)c5ccccc5n7-c5nc7ccccc7nc5-c5ccccc5-6)cc43)c2)cc1. The van der Waals surface area contributed by atoms with Crippen LogP contribution in [0.5, 0.6) is 0 Å². The van der Waals surface area contributed by atoms with Crippen LogP contribution in [0.1, 0.15) is 0 Å². The van der Waals surface area contributed by atoms with Crippen LogP contribution in [0.3, 0.4) is 0 Å². The van der Waals surface area contributed by atoms with Gasteiger partial charge in [-0.05, 0) is 82.4 Å². The highest BCUT2D eigenvalue weighted by Gasteiger charge is 2.27. The molecule has 0 saturated carbocycles. The third-order valence-electron chi connectivity index (χ3n) is 11.2. The number of fused-ring (bicyclic) bond motifs is 12. The molecule has 0 N–H and O–H groups in total. The highest BCUT2D eigenvalue weighted by molar-refractivity contribution is 6.18. The smallest absolute Gasteiger partial charge is 0.165 e. The summed E-state index contributed by atoms with van der Waals surface area (Å²) < 4.78 is 4.77. The van der Waals surface area contributed by atoms with Crippen LogP contribution < -0.4 is 0 Å². The molecule has 0 saturated heterocycles. The number of nitrogens with zero attached hydrogens (tertiary/aromatic N) is 4. The molecule has 0 aliphatic carbocycles. The second-order valence-corrected chi connectivity index (χ2v) is 14.2. The zero-order valence-electron chi connectivity index (χ0n) is 29.1. The van der Waals surface area contributed by atoms with Crippen molar-refractivity contribution in [1.29, 1.82) is 0 Å². The van der Waals surface area contributed by atoms with Gasteiger partial charge in [-0.25, -0.2) is 9.97 Å². The van der Waals surface area contributed by atoms with Crippen LogP contribution in [-0.2, 0) is 0 Å². The normalized spacial score (nSPS) is 12.1. The van der Waals surface area contributed by atoms with Gasteiger partial charge in [0.2, 0.25) is 0 Å². The molecule has 4 heterocycles. The Balaban J connectivity index is 1.15. The number of benzene rings is 8. The fourth-order valence-electron chi connectivity index (χ4n) is 8.82. The molecule has 0 unspecified atom stereocenters. The van der Waals surface area contributed by atoms with Crippen molar-refractivity contribution in [3.63, 3.8) is 0 Å². The largest absolute Gasteiger partial charge is 0.309 e. The van der Waals surface area contributed by atoms with Crippen LogP contribution in [-0.4, -0.2) is 19.1 Å². The Morgan fingerprint density at radius 1 is 0.333 bits per heavy atom. The fourth-order valence-corrected chi connectivity index (χ4v) is 8.82. The molecule has 0 fully saturated rings. The molecular weight excluding hydrogens is 657 g/mol. The molecule has 3 aromatic heterocycles. The van der Waals surface area contributed by atoms with Gasteiger partial charge in [-0.15, -0.1) is 0 Å². The van der Waals surface area contributed by atoms with Crippen molar-refractivity contribution in [3.05, 3.63) is 182 Å². The number of rotatable bonds is 3. The summed E-state index contributed by atoms with van der Waals surface area (Å²) in [6, 6.07) is 65.6. The van der Waals surface area contributed by atoms with E-state index in [4.69, 9.17) is 9.97 Å². The molecule has 8 aromatic carbocycles. The first-order valence-corrected chi connectivity index (χ1v) is 18.4. The van der Waals surface area contributed by atoms with Crippen molar-refractivity contribution in [2.24, 2.45) is 0 Å². The van der Waals surface area contributed by atoms with Crippen molar-refractivity contribution in [2.45, 2.75) is 0 Å². The molecular formula is C50H30N4. The van der Waals surface area contributed by atoms with Gasteiger partial charge in [-0.2, -0.15) is 0 Å². The first kappa shape index (κ1) is 29.3. The topological polar surface area (TPSA) is 35.6 Å². The number of hydrogen-bond acceptors (Lipinski definition) is 2. The number of aromatic nitrogens is 4. The zero-order valence-corrected chi connectivity index (χ0v) is 29.1. The summed E-state index contributed by atoms with van der Waals surface area (Å²) in [5, 5.41) is 4.88. The van der Waals surface area contributed by atoms with Crippen molar-refractivity contribution in [2.75, 3.05) is 0 Å². The van der Waals surface area contributed by atoms with Gasteiger partial charge in [-0.1, -0.05) is 127 Å². The van der Waals surface area contributed by atoms with E-state index in [1.54, 1.807) is 0 Å². The first-order chi connectivity index (χ1) is 26.8. The Kier molecular flexibility index (Phi) is 6.02. The number of para-hydroxylation sites is 4. The number of hydrogen-bond donors (Lipinski definition) is 0. The Morgan fingerprint density at radius 3 is 1.80 bits per heavy atom. The standard InChI is InChI=1S/C50H30N4/c1-2-13-31(14-3-1)32-15-12-16-35(27-32)53-45-23-10-6-18-37(45)39-26-25-33(30-47(39)53)34-28-41-36-17-4-5-20-40(36)48-50(52-44-22-9-8-21-43(44)51-48)54-46-24-11-7-19-38(46)42(29-34)49(41)54/h1-30H. The minimum absolute atomic E-state index is 0.863. The third-order valence-corrected chi connectivity index (χ3v) is 11.2. The lowest BCUT2D eigenvalue weighted by atomic mass is 9.92. The van der Waals surface area contributed by atoms with E-state index in [-0.39, 0.29) is 0 Å². The molecule has 1 aliphatic rings. The average molecular weight is 687 g/mol. The summed E-state index contributed by atoms with van der Waals surface area (Å²) in [5.74, 6) is 0.863. The van der Waals surface area contributed by atoms with E-state index in [1.165, 1.54) is 60.4 Å². The fraction of sp³-hybridized carbons (Fsp3) is 0. The summed E-state index contributed by atoms with van der Waals surface area (Å²) in [4.78, 5) is 10.6. The molecule has 12 rings (SSSR count). The van der Waals surface area contributed by atoms with Gasteiger partial charge in [0, 0.05) is 38.4 Å². The lowest BCUT2D eigenvalue weighted by Crippen LogP contribution is -2.02. The maximum Gasteiger partial charge on any atom is 0.165 e. The summed E-state index contributed by atoms with van der Waals surface area (Å²) in [5.41, 5.74) is 16.6. The summed E-state index contributed by atoms with van der Waals surface area (Å²) in [6.45, 7) is 0. The van der Waals surface area contributed by atoms with Crippen LogP contribution in [0.4, 0.5) is 0 Å². The van der Waals surface area contributed by atoms with Crippen LogP contribution in [0, 0.1) is 0 Å². The Labute approximate surface area is 310 Å². The van der Waals surface area contributed by atoms with E-state index in [0.29, 0.717) is 0 Å². The molecule has 1 aliphatic heterocycles. The zero-order chi connectivity index (χ0) is 35.3. The lowest BCUT2D eigenvalue weighted by Gasteiger charge is -2.13. The predicted molar refractivity (Wildman–Crippen MR) is 224 cm³/mol. The molecule has 11 aromatic rings. The minimum Gasteiger partial charge on any atom is -0.309 e. The summed E-state index contributed by atoms with van der Waals surface area (Å²) in [6.07, 6.45) is 0. The van der Waals surface area contributed by atoms with Gasteiger partial charge in [0.15, 0.2) is 5.82 Å². The maximum absolute atomic E-state index is 5.32. The highest BCUT2D eigenvalue weighted by Crippen LogP contribution is 2.48. The molecule has 4 nitrogen and oxygen atoms in total. The minimum atomic E-state index is 0.863. The van der Waals surface area contributed by atoms with Gasteiger partial charge in [-0.3, -0.25) is 4.57 Å². The van der Waals surface area contributed by atoms with E-state index in [9.17, 15) is 0 Å². The van der Waals surface area contributed by atoms with Crippen molar-refractivity contribution < 1.29 is 0 Å². The van der Waals surface area contributed by atoms with Crippen LogP contribution >= 0.6 is 0 Å². The molecule has 0 atom stereocenters. The second-order valence-electron chi connectivity index (χ2n) is 14.2. The Morgan fingerprint density at radius 2 is 0.963 bits per heavy atom. The van der Waals surface area contributed by atoms with Gasteiger partial charge in [0.25, 0.3) is 0 Å². The van der Waals surface area contributed by atoms with E-state index in [0.717, 1.165) is 50.4 Å². The monoisotopic (exact) mass is 686 g/mol. The molecule has 0 spiro atoms. The van der Waals surface area contributed by atoms with E-state index in [1.807, 2.05) is 12.1 Å². The Hall–Kier alpha value is -7.30. The van der Waals surface area contributed by atoms with Gasteiger partial charge >= 0.3 is 0 Å². The van der Waals surface area contributed by atoms with Crippen LogP contribution in [0.15, 0.2) is 182 Å². The maximum atomic E-state index is 5.32. The van der Waals surface area contributed by atoms with E-state index in [2.05, 4.69) is 179 Å². The van der Waals surface area contributed by atoms with E-state index < -0.39 is 0 Å². The van der Waals surface area contributed by atoms with Gasteiger partial charge in [0.05, 0.1) is 33.1 Å². The van der Waals surface area contributed by atoms with Crippen molar-refractivity contribution in [1.82, 2.24) is 19.1 Å². The quantitative estimate of drug-likeness (QED) is 0.185. The highest BCUT2D eigenvalue weighted by atomic mass is 15.1.